The standard InChI is InChI=1S/C10H10BrF2NO3/c1-3-17-10(15)5-4-14-7(9(12)13)8(16-2)6(5)11/h4,9H,3H2,1-2H3. The maximum atomic E-state index is 12.6. The molecule has 0 spiro atoms. The summed E-state index contributed by atoms with van der Waals surface area (Å²) in [5.74, 6) is -0.809. The first kappa shape index (κ1) is 13.8. The summed E-state index contributed by atoms with van der Waals surface area (Å²) in [6.07, 6.45) is -1.75. The van der Waals surface area contributed by atoms with Crippen molar-refractivity contribution in [2.24, 2.45) is 0 Å². The average molecular weight is 310 g/mol. The van der Waals surface area contributed by atoms with Crippen LogP contribution in [0.3, 0.4) is 0 Å². The Hall–Kier alpha value is -1.24. The topological polar surface area (TPSA) is 48.4 Å². The second-order valence-corrected chi connectivity index (χ2v) is 3.72. The van der Waals surface area contributed by atoms with Gasteiger partial charge < -0.3 is 9.47 Å². The number of hydrogen-bond acceptors (Lipinski definition) is 4. The fourth-order valence-electron chi connectivity index (χ4n) is 1.18. The minimum atomic E-state index is -2.78. The molecule has 94 valence electrons. The number of rotatable bonds is 4. The fraction of sp³-hybridized carbons (Fsp3) is 0.400. The predicted octanol–water partition coefficient (Wildman–Crippen LogP) is 2.97. The molecule has 1 aromatic heterocycles. The second kappa shape index (κ2) is 5.90. The van der Waals surface area contributed by atoms with Crippen molar-refractivity contribution in [1.82, 2.24) is 4.98 Å². The van der Waals surface area contributed by atoms with E-state index in [1.54, 1.807) is 6.92 Å². The van der Waals surface area contributed by atoms with Gasteiger partial charge in [-0.05, 0) is 22.9 Å². The number of esters is 1. The molecule has 0 unspecified atom stereocenters. The lowest BCUT2D eigenvalue weighted by Gasteiger charge is -2.11. The number of pyridine rings is 1. The smallest absolute Gasteiger partial charge is 0.340 e. The summed E-state index contributed by atoms with van der Waals surface area (Å²) in [5.41, 5.74) is -0.472. The van der Waals surface area contributed by atoms with Crippen LogP contribution in [0, 0.1) is 0 Å². The summed E-state index contributed by atoms with van der Waals surface area (Å²) in [4.78, 5) is 15.0. The Bertz CT molecular complexity index is 426. The molecule has 0 atom stereocenters. The third-order valence-electron chi connectivity index (χ3n) is 1.91. The van der Waals surface area contributed by atoms with Crippen LogP contribution in [-0.4, -0.2) is 24.7 Å². The number of hydrogen-bond donors (Lipinski definition) is 0. The van der Waals surface area contributed by atoms with E-state index in [9.17, 15) is 13.6 Å². The highest BCUT2D eigenvalue weighted by molar-refractivity contribution is 9.10. The minimum Gasteiger partial charge on any atom is -0.493 e. The van der Waals surface area contributed by atoms with Gasteiger partial charge in [0, 0.05) is 6.20 Å². The van der Waals surface area contributed by atoms with Crippen molar-refractivity contribution >= 4 is 21.9 Å². The lowest BCUT2D eigenvalue weighted by atomic mass is 10.2. The van der Waals surface area contributed by atoms with Crippen LogP contribution in [0.2, 0.25) is 0 Å². The van der Waals surface area contributed by atoms with Crippen molar-refractivity contribution in [2.75, 3.05) is 13.7 Å². The summed E-state index contributed by atoms with van der Waals surface area (Å²) in [7, 11) is 1.22. The largest absolute Gasteiger partial charge is 0.493 e. The van der Waals surface area contributed by atoms with Gasteiger partial charge >= 0.3 is 5.97 Å². The van der Waals surface area contributed by atoms with E-state index in [0.717, 1.165) is 6.20 Å². The van der Waals surface area contributed by atoms with Crippen LogP contribution in [-0.2, 0) is 4.74 Å². The van der Waals surface area contributed by atoms with E-state index >= 15 is 0 Å². The molecule has 1 aromatic rings. The van der Waals surface area contributed by atoms with E-state index in [-0.39, 0.29) is 22.4 Å². The summed E-state index contributed by atoms with van der Waals surface area (Å²) < 4.78 is 34.9. The Labute approximate surface area is 105 Å². The summed E-state index contributed by atoms with van der Waals surface area (Å²) >= 11 is 3.03. The van der Waals surface area contributed by atoms with E-state index in [1.807, 2.05) is 0 Å². The number of carbonyl (C=O) groups is 1. The number of aromatic nitrogens is 1. The highest BCUT2D eigenvalue weighted by Crippen LogP contribution is 2.36. The second-order valence-electron chi connectivity index (χ2n) is 2.93. The van der Waals surface area contributed by atoms with Crippen molar-refractivity contribution < 1.29 is 23.0 Å². The van der Waals surface area contributed by atoms with Crippen molar-refractivity contribution in [3.05, 3.63) is 21.9 Å². The van der Waals surface area contributed by atoms with Crippen molar-refractivity contribution in [1.29, 1.82) is 0 Å². The Balaban J connectivity index is 3.24. The number of carbonyl (C=O) groups excluding carboxylic acids is 1. The van der Waals surface area contributed by atoms with Gasteiger partial charge in [-0.3, -0.25) is 4.98 Å². The molecule has 0 radical (unpaired) electrons. The first-order chi connectivity index (χ1) is 8.02. The van der Waals surface area contributed by atoms with Gasteiger partial charge in [0.25, 0.3) is 6.43 Å². The van der Waals surface area contributed by atoms with Crippen LogP contribution in [0.4, 0.5) is 8.78 Å². The Morgan fingerprint density at radius 1 is 1.59 bits per heavy atom. The first-order valence-corrected chi connectivity index (χ1v) is 5.49. The van der Waals surface area contributed by atoms with E-state index in [0.29, 0.717) is 0 Å². The predicted molar refractivity (Wildman–Crippen MR) is 59.4 cm³/mol. The molecule has 0 fully saturated rings. The lowest BCUT2D eigenvalue weighted by Crippen LogP contribution is -2.09. The molecular weight excluding hydrogens is 300 g/mol. The fourth-order valence-corrected chi connectivity index (χ4v) is 1.81. The van der Waals surface area contributed by atoms with Gasteiger partial charge in [0.15, 0.2) is 5.75 Å². The molecule has 7 heteroatoms. The number of methoxy groups -OCH3 is 1. The minimum absolute atomic E-state index is 0.0492. The van der Waals surface area contributed by atoms with E-state index in [1.165, 1.54) is 7.11 Å². The molecule has 0 N–H and O–H groups in total. The lowest BCUT2D eigenvalue weighted by molar-refractivity contribution is 0.0523. The van der Waals surface area contributed by atoms with Crippen molar-refractivity contribution in [2.45, 2.75) is 13.3 Å². The molecule has 0 aromatic carbocycles. The highest BCUT2D eigenvalue weighted by Gasteiger charge is 2.23. The Morgan fingerprint density at radius 3 is 2.71 bits per heavy atom. The van der Waals surface area contributed by atoms with E-state index in [2.05, 4.69) is 20.9 Å². The molecule has 1 heterocycles. The summed E-state index contributed by atoms with van der Waals surface area (Å²) in [6.45, 7) is 1.83. The van der Waals surface area contributed by atoms with Gasteiger partial charge in [0.05, 0.1) is 23.8 Å². The van der Waals surface area contributed by atoms with Gasteiger partial charge in [-0.25, -0.2) is 13.6 Å². The van der Waals surface area contributed by atoms with Crippen LogP contribution in [0.15, 0.2) is 10.7 Å². The zero-order chi connectivity index (χ0) is 13.0. The van der Waals surface area contributed by atoms with Crippen LogP contribution in [0.25, 0.3) is 0 Å². The van der Waals surface area contributed by atoms with Crippen LogP contribution in [0.1, 0.15) is 29.4 Å². The molecule has 17 heavy (non-hydrogen) atoms. The zero-order valence-electron chi connectivity index (χ0n) is 9.17. The van der Waals surface area contributed by atoms with Crippen LogP contribution in [0.5, 0.6) is 5.75 Å². The molecule has 0 aliphatic rings. The van der Waals surface area contributed by atoms with Gasteiger partial charge in [0.1, 0.15) is 5.69 Å². The van der Waals surface area contributed by atoms with E-state index in [4.69, 9.17) is 9.47 Å². The molecule has 0 bridgehead atoms. The molecule has 0 amide bonds. The maximum absolute atomic E-state index is 12.6. The van der Waals surface area contributed by atoms with Gasteiger partial charge in [-0.1, -0.05) is 0 Å². The highest BCUT2D eigenvalue weighted by atomic mass is 79.9. The Kier molecular flexibility index (Phi) is 4.80. The number of halogens is 3. The normalized spacial score (nSPS) is 10.5. The van der Waals surface area contributed by atoms with Crippen LogP contribution < -0.4 is 4.74 Å². The monoisotopic (exact) mass is 309 g/mol. The molecular formula is C10H10BrF2NO3. The molecule has 1 rings (SSSR count). The SMILES string of the molecule is CCOC(=O)c1cnc(C(F)F)c(OC)c1Br. The number of ether oxygens (including phenoxy) is 2. The van der Waals surface area contributed by atoms with Gasteiger partial charge in [0.2, 0.25) is 0 Å². The zero-order valence-corrected chi connectivity index (χ0v) is 10.8. The average Bonchev–Trinajstić information content (AvgIpc) is 2.28. The Morgan fingerprint density at radius 2 is 2.24 bits per heavy atom. The van der Waals surface area contributed by atoms with Gasteiger partial charge in [-0.2, -0.15) is 0 Å². The van der Waals surface area contributed by atoms with Crippen LogP contribution >= 0.6 is 15.9 Å². The van der Waals surface area contributed by atoms with Gasteiger partial charge in [-0.15, -0.1) is 0 Å². The third-order valence-corrected chi connectivity index (χ3v) is 2.69. The van der Waals surface area contributed by atoms with E-state index < -0.39 is 18.1 Å². The molecule has 4 nitrogen and oxygen atoms in total. The molecule has 0 aliphatic carbocycles. The van der Waals surface area contributed by atoms with Crippen molar-refractivity contribution in [3.8, 4) is 5.75 Å². The number of alkyl halides is 2. The molecule has 0 saturated heterocycles. The number of nitrogens with zero attached hydrogens (tertiary/aromatic N) is 1. The molecule has 0 saturated carbocycles. The third kappa shape index (κ3) is 2.91. The summed E-state index contributed by atoms with van der Waals surface area (Å²) in [5, 5.41) is 0. The first-order valence-electron chi connectivity index (χ1n) is 4.70. The maximum Gasteiger partial charge on any atom is 0.340 e. The quantitative estimate of drug-likeness (QED) is 0.802. The van der Waals surface area contributed by atoms with Crippen molar-refractivity contribution in [3.63, 3.8) is 0 Å². The molecule has 0 aliphatic heterocycles. The summed E-state index contributed by atoms with van der Waals surface area (Å²) in [6, 6.07) is 0.